The summed E-state index contributed by atoms with van der Waals surface area (Å²) in [6, 6.07) is 11.1. The van der Waals surface area contributed by atoms with Crippen LogP contribution in [0.25, 0.3) is 0 Å². The number of hydrogen-bond acceptors (Lipinski definition) is 4. The van der Waals surface area contributed by atoms with Crippen molar-refractivity contribution in [2.24, 2.45) is 0 Å². The van der Waals surface area contributed by atoms with E-state index in [-0.39, 0.29) is 11.8 Å². The van der Waals surface area contributed by atoms with Crippen LogP contribution < -0.4 is 10.0 Å². The highest BCUT2D eigenvalue weighted by atomic mass is 32.2. The van der Waals surface area contributed by atoms with Gasteiger partial charge in [0.05, 0.1) is 11.8 Å². The van der Waals surface area contributed by atoms with Gasteiger partial charge in [-0.3, -0.25) is 4.90 Å². The minimum Gasteiger partial charge on any atom is -0.307 e. The first-order valence-electron chi connectivity index (χ1n) is 11.8. The Hall–Kier alpha value is -2.38. The van der Waals surface area contributed by atoms with Gasteiger partial charge >= 0.3 is 6.03 Å². The first-order valence-corrected chi connectivity index (χ1v) is 13.4. The van der Waals surface area contributed by atoms with Gasteiger partial charge in [-0.25, -0.2) is 17.9 Å². The molecule has 1 heterocycles. The lowest BCUT2D eigenvalue weighted by Crippen LogP contribution is -2.40. The van der Waals surface area contributed by atoms with Crippen molar-refractivity contribution < 1.29 is 13.2 Å². The van der Waals surface area contributed by atoms with Gasteiger partial charge < -0.3 is 5.32 Å². The Kier molecular flexibility index (Phi) is 5.95. The second kappa shape index (κ2) is 8.87. The van der Waals surface area contributed by atoms with Gasteiger partial charge in [0.25, 0.3) is 0 Å². The molecule has 7 heteroatoms. The highest BCUT2D eigenvalue weighted by Crippen LogP contribution is 2.38. The number of rotatable bonds is 6. The Morgan fingerprint density at radius 2 is 1.53 bits per heavy atom. The van der Waals surface area contributed by atoms with Gasteiger partial charge in [0, 0.05) is 5.69 Å². The fourth-order valence-electron chi connectivity index (χ4n) is 5.64. The standard InChI is InChI=1S/C25H31N3O3S/c29-25(26-24-21-12-6-10-19(21)16-20-11-7-13-22(20)24)27-32(30,31)17-23(28-14-4-5-15-28)18-8-2-1-3-9-18/h1-3,8-9,16,23H,4-7,10-15,17H2,(H2,26,27,29). The molecule has 3 aliphatic rings. The average molecular weight is 454 g/mol. The predicted molar refractivity (Wildman–Crippen MR) is 126 cm³/mol. The minimum atomic E-state index is -3.82. The van der Waals surface area contributed by atoms with E-state index in [9.17, 15) is 13.2 Å². The molecule has 6 nitrogen and oxygen atoms in total. The van der Waals surface area contributed by atoms with Crippen LogP contribution in [0.2, 0.25) is 0 Å². The molecule has 0 bridgehead atoms. The zero-order valence-corrected chi connectivity index (χ0v) is 19.2. The van der Waals surface area contributed by atoms with Gasteiger partial charge in [0.2, 0.25) is 10.0 Å². The number of anilines is 1. The quantitative estimate of drug-likeness (QED) is 0.694. The third-order valence-corrected chi connectivity index (χ3v) is 8.35. The van der Waals surface area contributed by atoms with E-state index in [4.69, 9.17) is 0 Å². The number of benzene rings is 2. The number of amides is 2. The summed E-state index contributed by atoms with van der Waals surface area (Å²) in [5.41, 5.74) is 6.83. The van der Waals surface area contributed by atoms with Crippen LogP contribution in [-0.2, 0) is 35.7 Å². The van der Waals surface area contributed by atoms with Crippen LogP contribution in [0.3, 0.4) is 0 Å². The van der Waals surface area contributed by atoms with E-state index < -0.39 is 16.1 Å². The van der Waals surface area contributed by atoms with Crippen molar-refractivity contribution in [3.63, 3.8) is 0 Å². The molecular formula is C25H31N3O3S. The third kappa shape index (κ3) is 4.41. The summed E-state index contributed by atoms with van der Waals surface area (Å²) in [5, 5.41) is 2.94. The van der Waals surface area contributed by atoms with Gasteiger partial charge in [0.15, 0.2) is 0 Å². The monoisotopic (exact) mass is 453 g/mol. The maximum atomic E-state index is 13.0. The van der Waals surface area contributed by atoms with E-state index in [0.717, 1.165) is 75.7 Å². The average Bonchev–Trinajstić information content (AvgIpc) is 3.53. The Bertz CT molecular complexity index is 1080. The van der Waals surface area contributed by atoms with E-state index in [1.165, 1.54) is 22.3 Å². The normalized spacial score (nSPS) is 18.9. The zero-order valence-electron chi connectivity index (χ0n) is 18.4. The first kappa shape index (κ1) is 21.5. The van der Waals surface area contributed by atoms with E-state index in [0.29, 0.717) is 0 Å². The number of carbonyl (C=O) groups is 1. The fraction of sp³-hybridized carbons (Fsp3) is 0.480. The smallest absolute Gasteiger partial charge is 0.307 e. The van der Waals surface area contributed by atoms with Crippen molar-refractivity contribution in [2.75, 3.05) is 24.2 Å². The largest absolute Gasteiger partial charge is 0.332 e. The van der Waals surface area contributed by atoms with Gasteiger partial charge in [-0.1, -0.05) is 36.4 Å². The first-order chi connectivity index (χ1) is 15.5. The highest BCUT2D eigenvalue weighted by Gasteiger charge is 2.30. The zero-order chi connectivity index (χ0) is 22.1. The van der Waals surface area contributed by atoms with Crippen molar-refractivity contribution >= 4 is 21.7 Å². The molecule has 1 aliphatic heterocycles. The number of aryl methyl sites for hydroxylation is 2. The predicted octanol–water partition coefficient (Wildman–Crippen LogP) is 3.95. The SMILES string of the molecule is O=C(Nc1c2c(cc3c1CCC3)CCC2)NS(=O)(=O)CC(c1ccccc1)N1CCCC1. The molecule has 0 spiro atoms. The summed E-state index contributed by atoms with van der Waals surface area (Å²) < 4.78 is 28.4. The summed E-state index contributed by atoms with van der Waals surface area (Å²) in [5.74, 6) is -0.130. The molecule has 1 fully saturated rings. The Labute approximate surface area is 190 Å². The summed E-state index contributed by atoms with van der Waals surface area (Å²) in [7, 11) is -3.82. The summed E-state index contributed by atoms with van der Waals surface area (Å²) in [6.45, 7) is 1.76. The molecule has 1 atom stereocenters. The number of carbonyl (C=O) groups excluding carboxylic acids is 1. The molecule has 2 aliphatic carbocycles. The molecule has 2 aromatic carbocycles. The lowest BCUT2D eigenvalue weighted by molar-refractivity contribution is 0.255. The Balaban J connectivity index is 1.33. The Morgan fingerprint density at radius 1 is 0.906 bits per heavy atom. The molecule has 0 saturated carbocycles. The van der Waals surface area contributed by atoms with E-state index >= 15 is 0 Å². The number of sulfonamides is 1. The van der Waals surface area contributed by atoms with Crippen molar-refractivity contribution in [1.29, 1.82) is 0 Å². The highest BCUT2D eigenvalue weighted by molar-refractivity contribution is 7.90. The van der Waals surface area contributed by atoms with E-state index in [1.807, 2.05) is 30.3 Å². The van der Waals surface area contributed by atoms with Crippen LogP contribution in [0.15, 0.2) is 36.4 Å². The van der Waals surface area contributed by atoms with Crippen molar-refractivity contribution in [3.8, 4) is 0 Å². The number of urea groups is 1. The molecule has 0 aromatic heterocycles. The topological polar surface area (TPSA) is 78.5 Å². The third-order valence-electron chi connectivity index (χ3n) is 7.10. The molecule has 0 radical (unpaired) electrons. The van der Waals surface area contributed by atoms with Gasteiger partial charge in [-0.2, -0.15) is 0 Å². The second-order valence-corrected chi connectivity index (χ2v) is 11.0. The maximum Gasteiger partial charge on any atom is 0.332 e. The minimum absolute atomic E-state index is 0.130. The molecule has 32 heavy (non-hydrogen) atoms. The molecule has 2 N–H and O–H groups in total. The number of fused-ring (bicyclic) bond motifs is 2. The van der Waals surface area contributed by atoms with Crippen LogP contribution in [0.4, 0.5) is 10.5 Å². The summed E-state index contributed by atoms with van der Waals surface area (Å²) in [6.07, 6.45) is 8.26. The lowest BCUT2D eigenvalue weighted by atomic mass is 9.99. The van der Waals surface area contributed by atoms with Crippen LogP contribution in [0, 0.1) is 0 Å². The molecule has 2 aromatic rings. The van der Waals surface area contributed by atoms with Gasteiger partial charge in [0.1, 0.15) is 0 Å². The maximum absolute atomic E-state index is 13.0. The van der Waals surface area contributed by atoms with Crippen LogP contribution in [0.5, 0.6) is 0 Å². The number of likely N-dealkylation sites (tertiary alicyclic amines) is 1. The van der Waals surface area contributed by atoms with E-state index in [2.05, 4.69) is 21.0 Å². The van der Waals surface area contributed by atoms with Gasteiger partial charge in [-0.05, 0) is 92.3 Å². The molecule has 1 unspecified atom stereocenters. The second-order valence-electron chi connectivity index (χ2n) is 9.24. The van der Waals surface area contributed by atoms with E-state index in [1.54, 1.807) is 0 Å². The molecule has 5 rings (SSSR count). The number of nitrogens with zero attached hydrogens (tertiary/aromatic N) is 1. The van der Waals surface area contributed by atoms with Crippen molar-refractivity contribution in [2.45, 2.75) is 57.4 Å². The number of hydrogen-bond donors (Lipinski definition) is 2. The molecule has 1 saturated heterocycles. The summed E-state index contributed by atoms with van der Waals surface area (Å²) >= 11 is 0. The van der Waals surface area contributed by atoms with Crippen LogP contribution in [-0.4, -0.2) is 38.2 Å². The van der Waals surface area contributed by atoms with Crippen molar-refractivity contribution in [3.05, 3.63) is 64.2 Å². The van der Waals surface area contributed by atoms with Crippen LogP contribution >= 0.6 is 0 Å². The molecule has 2 amide bonds. The van der Waals surface area contributed by atoms with Crippen LogP contribution in [0.1, 0.15) is 59.5 Å². The Morgan fingerprint density at radius 3 is 2.16 bits per heavy atom. The lowest BCUT2D eigenvalue weighted by Gasteiger charge is -2.27. The molecular weight excluding hydrogens is 422 g/mol. The summed E-state index contributed by atoms with van der Waals surface area (Å²) in [4.78, 5) is 15.1. The van der Waals surface area contributed by atoms with Crippen molar-refractivity contribution in [1.82, 2.24) is 9.62 Å². The fourth-order valence-corrected chi connectivity index (χ4v) is 6.87. The van der Waals surface area contributed by atoms with Gasteiger partial charge in [-0.15, -0.1) is 0 Å². The number of nitrogens with one attached hydrogen (secondary N) is 2. The molecule has 170 valence electrons.